The fourth-order valence-electron chi connectivity index (χ4n) is 4.09. The third kappa shape index (κ3) is 6.26. The van der Waals surface area contributed by atoms with Crippen molar-refractivity contribution in [1.29, 1.82) is 0 Å². The molecule has 0 bridgehead atoms. The van der Waals surface area contributed by atoms with Gasteiger partial charge < -0.3 is 14.2 Å². The van der Waals surface area contributed by atoms with E-state index in [0.29, 0.717) is 9.36 Å². The first-order valence-electron chi connectivity index (χ1n) is 12.9. The van der Waals surface area contributed by atoms with Crippen molar-refractivity contribution in [3.63, 3.8) is 0 Å². The second-order valence-electron chi connectivity index (χ2n) is 9.53. The summed E-state index contributed by atoms with van der Waals surface area (Å²) in [5.41, 5.74) is -0.121. The normalized spacial score (nSPS) is 11.0. The van der Waals surface area contributed by atoms with E-state index in [1.54, 1.807) is 33.8 Å². The van der Waals surface area contributed by atoms with Gasteiger partial charge in [0.2, 0.25) is 0 Å². The minimum absolute atomic E-state index is 0.0386. The second-order valence-corrected chi connectivity index (χ2v) is 9.53. The Hall–Kier alpha value is -5.00. The average molecular weight is 564 g/mol. The maximum absolute atomic E-state index is 14.8. The van der Waals surface area contributed by atoms with Crippen LogP contribution in [0.5, 0.6) is 11.5 Å². The molecular formula is C29H30FN5O6. The first-order chi connectivity index (χ1) is 19.6. The summed E-state index contributed by atoms with van der Waals surface area (Å²) in [5, 5.41) is 7.48. The van der Waals surface area contributed by atoms with E-state index >= 15 is 0 Å². The number of amides is 1. The number of benzene rings is 3. The zero-order valence-corrected chi connectivity index (χ0v) is 23.3. The van der Waals surface area contributed by atoms with Crippen LogP contribution in [0, 0.1) is 5.82 Å². The highest BCUT2D eigenvalue weighted by atomic mass is 19.1. The van der Waals surface area contributed by atoms with Gasteiger partial charge in [0.15, 0.2) is 5.82 Å². The van der Waals surface area contributed by atoms with E-state index in [1.165, 1.54) is 36.3 Å². The summed E-state index contributed by atoms with van der Waals surface area (Å²) in [7, 11) is 1.41. The Morgan fingerprint density at radius 1 is 0.951 bits per heavy atom. The second kappa shape index (κ2) is 12.5. The molecule has 4 rings (SSSR count). The van der Waals surface area contributed by atoms with E-state index < -0.39 is 29.5 Å². The number of rotatable bonds is 9. The summed E-state index contributed by atoms with van der Waals surface area (Å²) in [5.74, 6) is -1.14. The smallest absolute Gasteiger partial charge is 0.377 e. The highest BCUT2D eigenvalue weighted by Gasteiger charge is 2.28. The van der Waals surface area contributed by atoms with Crippen molar-refractivity contribution in [3.05, 3.63) is 94.2 Å². The summed E-state index contributed by atoms with van der Waals surface area (Å²) in [6.07, 6.45) is -0.317. The van der Waals surface area contributed by atoms with Crippen LogP contribution < -0.4 is 20.1 Å². The fraction of sp³-hybridized carbons (Fsp3) is 0.276. The quantitative estimate of drug-likeness (QED) is 0.214. The third-order valence-electron chi connectivity index (χ3n) is 5.90. The summed E-state index contributed by atoms with van der Waals surface area (Å²) in [6, 6.07) is 16.4. The number of carbonyl (C=O) groups is 2. The molecule has 0 spiro atoms. The molecule has 0 fully saturated rings. The van der Waals surface area contributed by atoms with Crippen LogP contribution in [0.4, 0.5) is 14.9 Å². The molecule has 12 heteroatoms. The van der Waals surface area contributed by atoms with Gasteiger partial charge in [0, 0.05) is 11.7 Å². The van der Waals surface area contributed by atoms with Crippen molar-refractivity contribution in [2.75, 3.05) is 12.0 Å². The molecule has 0 aliphatic carbocycles. The number of tetrazole rings is 1. The lowest BCUT2D eigenvalue weighted by Gasteiger charge is -2.26. The lowest BCUT2D eigenvalue weighted by Crippen LogP contribution is -2.44. The summed E-state index contributed by atoms with van der Waals surface area (Å²) in [4.78, 5) is 41.2. The van der Waals surface area contributed by atoms with Gasteiger partial charge in [0.1, 0.15) is 29.4 Å². The molecule has 0 saturated carbocycles. The van der Waals surface area contributed by atoms with Gasteiger partial charge in [-0.15, -0.1) is 4.68 Å². The molecule has 1 aromatic heterocycles. The predicted octanol–water partition coefficient (Wildman–Crippen LogP) is 4.60. The van der Waals surface area contributed by atoms with Crippen LogP contribution >= 0.6 is 0 Å². The number of halogens is 1. The van der Waals surface area contributed by atoms with Gasteiger partial charge >= 0.3 is 17.7 Å². The molecule has 1 amide bonds. The molecule has 0 aliphatic rings. The van der Waals surface area contributed by atoms with Crippen molar-refractivity contribution in [2.45, 2.75) is 46.4 Å². The van der Waals surface area contributed by atoms with Gasteiger partial charge in [-0.1, -0.05) is 36.4 Å². The van der Waals surface area contributed by atoms with Gasteiger partial charge in [-0.2, -0.15) is 4.68 Å². The van der Waals surface area contributed by atoms with Gasteiger partial charge in [-0.05, 0) is 74.0 Å². The first kappa shape index (κ1) is 29.0. The molecule has 0 saturated heterocycles. The van der Waals surface area contributed by atoms with Crippen LogP contribution in [0.1, 0.15) is 43.6 Å². The van der Waals surface area contributed by atoms with E-state index in [9.17, 15) is 18.8 Å². The van der Waals surface area contributed by atoms with Crippen LogP contribution in [-0.2, 0) is 11.3 Å². The Labute approximate surface area is 235 Å². The molecule has 0 radical (unpaired) electrons. The summed E-state index contributed by atoms with van der Waals surface area (Å²) in [6.45, 7) is 6.97. The molecule has 1 heterocycles. The van der Waals surface area contributed by atoms with Crippen molar-refractivity contribution >= 4 is 17.7 Å². The molecule has 214 valence electrons. The minimum Gasteiger partial charge on any atom is -0.496 e. The van der Waals surface area contributed by atoms with Crippen LogP contribution in [-0.4, -0.2) is 51.0 Å². The van der Waals surface area contributed by atoms with E-state index in [-0.39, 0.29) is 41.1 Å². The molecule has 3 aromatic carbocycles. The molecule has 4 aromatic rings. The maximum atomic E-state index is 14.8. The Morgan fingerprint density at radius 2 is 1.68 bits per heavy atom. The largest absolute Gasteiger partial charge is 0.496 e. The van der Waals surface area contributed by atoms with Gasteiger partial charge in [-0.25, -0.2) is 18.8 Å². The molecule has 0 unspecified atom stereocenters. The SMILES string of the molecule is COc1ccc(N(C(=O)n2nnn(-c3c(F)cccc3OC(C)C)c2=O)C(C)C)cc1C(=O)OCc1ccccc1. The molecule has 41 heavy (non-hydrogen) atoms. The Kier molecular flexibility index (Phi) is 8.81. The molecular weight excluding hydrogens is 533 g/mol. The van der Waals surface area contributed by atoms with Gasteiger partial charge in [-0.3, -0.25) is 4.90 Å². The topological polar surface area (TPSA) is 118 Å². The Bertz CT molecular complexity index is 1600. The Balaban J connectivity index is 1.68. The number of esters is 1. The molecule has 0 atom stereocenters. The Morgan fingerprint density at radius 3 is 2.34 bits per heavy atom. The van der Waals surface area contributed by atoms with Crippen LogP contribution in [0.3, 0.4) is 0 Å². The highest BCUT2D eigenvalue weighted by Crippen LogP contribution is 2.28. The van der Waals surface area contributed by atoms with E-state index in [0.717, 1.165) is 11.6 Å². The van der Waals surface area contributed by atoms with Crippen molar-refractivity contribution < 1.29 is 28.2 Å². The van der Waals surface area contributed by atoms with Crippen molar-refractivity contribution in [2.24, 2.45) is 0 Å². The maximum Gasteiger partial charge on any atom is 0.377 e. The predicted molar refractivity (Wildman–Crippen MR) is 148 cm³/mol. The molecule has 0 aliphatic heterocycles. The zero-order valence-electron chi connectivity index (χ0n) is 23.3. The zero-order chi connectivity index (χ0) is 29.7. The van der Waals surface area contributed by atoms with E-state index in [2.05, 4.69) is 10.4 Å². The van der Waals surface area contributed by atoms with E-state index in [4.69, 9.17) is 14.2 Å². The summed E-state index contributed by atoms with van der Waals surface area (Å²) < 4.78 is 32.5. The van der Waals surface area contributed by atoms with Gasteiger partial charge in [0.25, 0.3) is 0 Å². The van der Waals surface area contributed by atoms with E-state index in [1.807, 2.05) is 30.3 Å². The van der Waals surface area contributed by atoms with Crippen LogP contribution in [0.25, 0.3) is 5.69 Å². The standard InChI is InChI=1S/C29H30FN5O6/c1-18(2)33(21-14-15-24(39-5)22(16-21)27(36)40-17-20-10-7-6-8-11-20)28(37)35-29(38)34(31-32-35)26-23(30)12-9-13-25(26)41-19(3)4/h6-16,18-19H,17H2,1-5H3. The average Bonchev–Trinajstić information content (AvgIpc) is 3.32. The van der Waals surface area contributed by atoms with Crippen molar-refractivity contribution in [3.8, 4) is 17.2 Å². The minimum atomic E-state index is -1.00. The lowest BCUT2D eigenvalue weighted by atomic mass is 10.1. The lowest BCUT2D eigenvalue weighted by molar-refractivity contribution is 0.0469. The number of ether oxygens (including phenoxy) is 3. The number of carbonyl (C=O) groups excluding carboxylic acids is 2. The third-order valence-corrected chi connectivity index (χ3v) is 5.90. The number of hydrogen-bond acceptors (Lipinski definition) is 8. The number of hydrogen-bond donors (Lipinski definition) is 0. The number of para-hydroxylation sites is 1. The number of anilines is 1. The number of aromatic nitrogens is 4. The number of methoxy groups -OCH3 is 1. The monoisotopic (exact) mass is 563 g/mol. The van der Waals surface area contributed by atoms with Gasteiger partial charge in [0.05, 0.1) is 13.2 Å². The van der Waals surface area contributed by atoms with Crippen LogP contribution in [0.2, 0.25) is 0 Å². The highest BCUT2D eigenvalue weighted by molar-refractivity contribution is 5.97. The summed E-state index contributed by atoms with van der Waals surface area (Å²) >= 11 is 0. The van der Waals surface area contributed by atoms with Crippen molar-refractivity contribution in [1.82, 2.24) is 19.8 Å². The van der Waals surface area contributed by atoms with Crippen LogP contribution in [0.15, 0.2) is 71.5 Å². The first-order valence-corrected chi connectivity index (χ1v) is 12.9. The number of nitrogens with zero attached hydrogens (tertiary/aromatic N) is 5. The fourth-order valence-corrected chi connectivity index (χ4v) is 4.09. The molecule has 0 N–H and O–H groups in total. The molecule has 11 nitrogen and oxygen atoms in total.